The number of benzene rings is 1. The van der Waals surface area contributed by atoms with Gasteiger partial charge in [-0.3, -0.25) is 0 Å². The number of quaternary nitrogens is 1. The molecule has 1 N–H and O–H groups in total. The summed E-state index contributed by atoms with van der Waals surface area (Å²) in [5, 5.41) is 10.5. The van der Waals surface area contributed by atoms with Gasteiger partial charge in [-0.05, 0) is 41.5 Å². The first-order chi connectivity index (χ1) is 11.5. The summed E-state index contributed by atoms with van der Waals surface area (Å²) in [6, 6.07) is 10.1. The zero-order valence-corrected chi connectivity index (χ0v) is 15.2. The first-order valence-electron chi connectivity index (χ1n) is 9.37. The maximum atomic E-state index is 8.97. The zero-order chi connectivity index (χ0) is 16.9. The van der Waals surface area contributed by atoms with Gasteiger partial charge in [-0.1, -0.05) is 26.8 Å². The van der Waals surface area contributed by atoms with Crippen molar-refractivity contribution in [2.75, 3.05) is 13.1 Å². The minimum Gasteiger partial charge on any atom is -0.334 e. The molecule has 24 heavy (non-hydrogen) atoms. The molecule has 3 nitrogen and oxygen atoms in total. The van der Waals surface area contributed by atoms with Crippen molar-refractivity contribution in [1.29, 1.82) is 5.26 Å². The molecule has 0 saturated carbocycles. The first kappa shape index (κ1) is 15.7. The van der Waals surface area contributed by atoms with Crippen molar-refractivity contribution in [3.8, 4) is 6.07 Å². The number of hydrogen-bond acceptors (Lipinski definition) is 1. The van der Waals surface area contributed by atoms with Gasteiger partial charge in [-0.25, -0.2) is 0 Å². The summed E-state index contributed by atoms with van der Waals surface area (Å²) in [4.78, 5) is 1.63. The predicted molar refractivity (Wildman–Crippen MR) is 97.2 cm³/mol. The van der Waals surface area contributed by atoms with Gasteiger partial charge in [0.15, 0.2) is 0 Å². The minimum atomic E-state index is 0.196. The number of nitrogens with one attached hydrogen (secondary N) is 1. The van der Waals surface area contributed by atoms with Crippen LogP contribution in [0.1, 0.15) is 62.9 Å². The number of nitrogens with zero attached hydrogens (tertiary/aromatic N) is 2. The van der Waals surface area contributed by atoms with Crippen LogP contribution in [0.5, 0.6) is 0 Å². The molecule has 2 heterocycles. The molecule has 1 unspecified atom stereocenters. The average Bonchev–Trinajstić information content (AvgIpc) is 2.89. The maximum absolute atomic E-state index is 8.97. The number of aryl methyl sites for hydroxylation is 1. The summed E-state index contributed by atoms with van der Waals surface area (Å²) in [6.07, 6.45) is 4.45. The van der Waals surface area contributed by atoms with Crippen LogP contribution < -0.4 is 4.90 Å². The first-order valence-corrected chi connectivity index (χ1v) is 9.37. The van der Waals surface area contributed by atoms with Crippen molar-refractivity contribution in [3.63, 3.8) is 0 Å². The van der Waals surface area contributed by atoms with E-state index >= 15 is 0 Å². The highest BCUT2D eigenvalue weighted by Gasteiger charge is 2.37. The Morgan fingerprint density at radius 3 is 2.92 bits per heavy atom. The fourth-order valence-corrected chi connectivity index (χ4v) is 4.77. The van der Waals surface area contributed by atoms with Crippen LogP contribution in [0.15, 0.2) is 18.2 Å². The molecule has 0 radical (unpaired) electrons. The second kappa shape index (κ2) is 5.63. The number of rotatable bonds is 2. The van der Waals surface area contributed by atoms with E-state index in [4.69, 9.17) is 5.26 Å². The third-order valence-electron chi connectivity index (χ3n) is 6.04. The lowest BCUT2D eigenvalue weighted by molar-refractivity contribution is -0.936. The molecule has 1 aromatic heterocycles. The second-order valence-corrected chi connectivity index (χ2v) is 8.51. The molecule has 0 spiro atoms. The van der Waals surface area contributed by atoms with Gasteiger partial charge in [0.1, 0.15) is 6.04 Å². The Hall–Kier alpha value is -1.79. The Kier molecular flexibility index (Phi) is 3.69. The monoisotopic (exact) mass is 322 g/mol. The smallest absolute Gasteiger partial charge is 0.129 e. The Morgan fingerprint density at radius 2 is 2.17 bits per heavy atom. The Balaban J connectivity index is 1.85. The Labute approximate surface area is 144 Å². The number of nitriles is 1. The van der Waals surface area contributed by atoms with E-state index in [0.717, 1.165) is 19.6 Å². The molecule has 0 saturated heterocycles. The quantitative estimate of drug-likeness (QED) is 0.905. The summed E-state index contributed by atoms with van der Waals surface area (Å²) in [5.41, 5.74) is 6.24. The van der Waals surface area contributed by atoms with E-state index in [1.54, 1.807) is 16.2 Å². The summed E-state index contributed by atoms with van der Waals surface area (Å²) >= 11 is 0. The fourth-order valence-electron chi connectivity index (χ4n) is 4.77. The van der Waals surface area contributed by atoms with Crippen molar-refractivity contribution in [2.45, 2.75) is 64.5 Å². The highest BCUT2D eigenvalue weighted by Crippen LogP contribution is 2.39. The van der Waals surface area contributed by atoms with Gasteiger partial charge in [-0.15, -0.1) is 0 Å². The van der Waals surface area contributed by atoms with Crippen molar-refractivity contribution in [1.82, 2.24) is 4.57 Å². The highest BCUT2D eigenvalue weighted by molar-refractivity contribution is 5.87. The van der Waals surface area contributed by atoms with Gasteiger partial charge in [0.25, 0.3) is 0 Å². The largest absolute Gasteiger partial charge is 0.334 e. The molecular weight excluding hydrogens is 294 g/mol. The third kappa shape index (κ3) is 2.36. The van der Waals surface area contributed by atoms with E-state index in [1.165, 1.54) is 35.7 Å². The molecule has 1 aromatic carbocycles. The summed E-state index contributed by atoms with van der Waals surface area (Å²) in [5.74, 6) is 0. The molecule has 3 heteroatoms. The maximum Gasteiger partial charge on any atom is 0.129 e. The molecule has 2 aromatic rings. The van der Waals surface area contributed by atoms with Crippen molar-refractivity contribution in [3.05, 3.63) is 35.0 Å². The number of aromatic nitrogens is 1. The molecule has 0 bridgehead atoms. The second-order valence-electron chi connectivity index (χ2n) is 8.51. The number of fused-ring (bicyclic) bond motifs is 3. The zero-order valence-electron chi connectivity index (χ0n) is 15.2. The van der Waals surface area contributed by atoms with Gasteiger partial charge in [0, 0.05) is 17.3 Å². The lowest BCUT2D eigenvalue weighted by atomic mass is 9.85. The standard InChI is InChI=1S/C21H27N3/c1-21(2,3)15-8-9-18-17(14-15)16-6-4-7-19-20(16)24(18)13-12-23(19)11-5-10-22/h8-9,14,19H,4-7,11-13H2,1-3H3/p+1/t19-/m1/s1. The lowest BCUT2D eigenvalue weighted by Gasteiger charge is -2.36. The van der Waals surface area contributed by atoms with Crippen molar-refractivity contribution in [2.24, 2.45) is 0 Å². The molecule has 0 fully saturated rings. The predicted octanol–water partition coefficient (Wildman–Crippen LogP) is 3.13. The third-order valence-corrected chi connectivity index (χ3v) is 6.04. The average molecular weight is 322 g/mol. The van der Waals surface area contributed by atoms with Crippen LogP contribution in [-0.4, -0.2) is 17.7 Å². The van der Waals surface area contributed by atoms with Crippen LogP contribution in [0.4, 0.5) is 0 Å². The molecule has 1 aliphatic carbocycles. The van der Waals surface area contributed by atoms with Gasteiger partial charge >= 0.3 is 0 Å². The number of hydrogen-bond donors (Lipinski definition) is 1. The lowest BCUT2D eigenvalue weighted by Crippen LogP contribution is -3.13. The van der Waals surface area contributed by atoms with E-state index in [0.29, 0.717) is 12.5 Å². The molecule has 0 amide bonds. The van der Waals surface area contributed by atoms with E-state index in [2.05, 4.69) is 49.6 Å². The van der Waals surface area contributed by atoms with Crippen LogP contribution in [0, 0.1) is 11.3 Å². The minimum absolute atomic E-state index is 0.196. The van der Waals surface area contributed by atoms with Crippen LogP contribution >= 0.6 is 0 Å². The van der Waals surface area contributed by atoms with Crippen molar-refractivity contribution < 1.29 is 4.90 Å². The van der Waals surface area contributed by atoms with Gasteiger partial charge in [-0.2, -0.15) is 5.26 Å². The van der Waals surface area contributed by atoms with Crippen LogP contribution in [-0.2, 0) is 18.4 Å². The van der Waals surface area contributed by atoms with Crippen LogP contribution in [0.25, 0.3) is 10.9 Å². The summed E-state index contributed by atoms with van der Waals surface area (Å²) in [7, 11) is 0. The summed E-state index contributed by atoms with van der Waals surface area (Å²) < 4.78 is 2.59. The van der Waals surface area contributed by atoms with Gasteiger partial charge in [0.05, 0.1) is 37.8 Å². The molecule has 2 atom stereocenters. The van der Waals surface area contributed by atoms with E-state index in [-0.39, 0.29) is 5.41 Å². The Bertz CT molecular complexity index is 816. The van der Waals surface area contributed by atoms with E-state index in [1.807, 2.05) is 0 Å². The van der Waals surface area contributed by atoms with Crippen molar-refractivity contribution >= 4 is 10.9 Å². The van der Waals surface area contributed by atoms with Gasteiger partial charge < -0.3 is 9.47 Å². The molecular formula is C21H28N3+. The molecule has 2 aliphatic rings. The molecule has 1 aliphatic heterocycles. The van der Waals surface area contributed by atoms with E-state index in [9.17, 15) is 0 Å². The molecule has 4 rings (SSSR count). The van der Waals surface area contributed by atoms with Gasteiger partial charge in [0.2, 0.25) is 0 Å². The van der Waals surface area contributed by atoms with Crippen LogP contribution in [0.3, 0.4) is 0 Å². The Morgan fingerprint density at radius 1 is 1.33 bits per heavy atom. The summed E-state index contributed by atoms with van der Waals surface area (Å²) in [6.45, 7) is 10.1. The normalized spacial score (nSPS) is 23.1. The molecule has 126 valence electrons. The van der Waals surface area contributed by atoms with Crippen LogP contribution in [0.2, 0.25) is 0 Å². The topological polar surface area (TPSA) is 33.2 Å². The SMILES string of the molecule is CC(C)(C)c1ccc2c(c1)c1c3n2CC[NH+](CCC#N)[C@@H]3CCC1. The highest BCUT2D eigenvalue weighted by atomic mass is 15.2. The fraction of sp³-hybridized carbons (Fsp3) is 0.571. The van der Waals surface area contributed by atoms with E-state index < -0.39 is 0 Å².